The van der Waals surface area contributed by atoms with E-state index in [1.165, 1.54) is 6.42 Å². The first-order valence-electron chi connectivity index (χ1n) is 7.21. The zero-order valence-electron chi connectivity index (χ0n) is 11.4. The molecule has 5 heteroatoms. The first-order valence-corrected chi connectivity index (χ1v) is 7.21. The molecule has 1 fully saturated rings. The quantitative estimate of drug-likeness (QED) is 0.731. The normalized spacial score (nSPS) is 23.4. The Bertz CT molecular complexity index is 601. The fourth-order valence-electron chi connectivity index (χ4n) is 2.84. The number of hydrogen-bond acceptors (Lipinski definition) is 5. The maximum absolute atomic E-state index is 10.2. The highest BCUT2D eigenvalue weighted by Gasteiger charge is 2.22. The van der Waals surface area contributed by atoms with Crippen molar-refractivity contribution in [2.45, 2.75) is 44.2 Å². The third-order valence-electron chi connectivity index (χ3n) is 3.92. The largest absolute Gasteiger partial charge is 0.391 e. The molecule has 4 N–H and O–H groups in total. The number of aliphatic hydroxyl groups is 1. The predicted molar refractivity (Wildman–Crippen MR) is 80.5 cm³/mol. The predicted octanol–water partition coefficient (Wildman–Crippen LogP) is 2.32. The van der Waals surface area contributed by atoms with E-state index in [1.54, 1.807) is 0 Å². The Hall–Kier alpha value is -1.88. The van der Waals surface area contributed by atoms with Gasteiger partial charge in [0.15, 0.2) is 0 Å². The summed E-state index contributed by atoms with van der Waals surface area (Å²) in [6, 6.07) is 7.81. The van der Waals surface area contributed by atoms with Crippen LogP contribution in [0, 0.1) is 0 Å². The Morgan fingerprint density at radius 1 is 1.10 bits per heavy atom. The number of nitrogen functional groups attached to an aromatic ring is 1. The lowest BCUT2D eigenvalue weighted by atomic mass is 10.1. The number of anilines is 2. The van der Waals surface area contributed by atoms with Crippen LogP contribution in [0.25, 0.3) is 10.9 Å². The van der Waals surface area contributed by atoms with Gasteiger partial charge in [-0.1, -0.05) is 31.4 Å². The maximum atomic E-state index is 10.2. The highest BCUT2D eigenvalue weighted by atomic mass is 16.3. The minimum Gasteiger partial charge on any atom is -0.391 e. The van der Waals surface area contributed by atoms with Crippen LogP contribution in [0.15, 0.2) is 24.3 Å². The topological polar surface area (TPSA) is 84.1 Å². The summed E-state index contributed by atoms with van der Waals surface area (Å²) in [4.78, 5) is 8.54. The summed E-state index contributed by atoms with van der Waals surface area (Å²) in [6.07, 6.45) is 4.88. The fraction of sp³-hybridized carbons (Fsp3) is 0.467. The Labute approximate surface area is 118 Å². The van der Waals surface area contributed by atoms with Crippen molar-refractivity contribution in [3.63, 3.8) is 0 Å². The molecule has 0 amide bonds. The van der Waals surface area contributed by atoms with Crippen molar-refractivity contribution in [2.75, 3.05) is 11.1 Å². The lowest BCUT2D eigenvalue weighted by Gasteiger charge is -2.23. The molecular formula is C15H20N4O. The van der Waals surface area contributed by atoms with E-state index in [4.69, 9.17) is 5.73 Å². The van der Waals surface area contributed by atoms with Gasteiger partial charge in [-0.3, -0.25) is 0 Å². The highest BCUT2D eigenvalue weighted by Crippen LogP contribution is 2.25. The van der Waals surface area contributed by atoms with Crippen LogP contribution in [-0.4, -0.2) is 27.2 Å². The number of hydrogen-bond donors (Lipinski definition) is 3. The second kappa shape index (κ2) is 5.63. The molecule has 3 rings (SSSR count). The van der Waals surface area contributed by atoms with Crippen LogP contribution in [-0.2, 0) is 0 Å². The Morgan fingerprint density at radius 3 is 2.80 bits per heavy atom. The van der Waals surface area contributed by atoms with E-state index in [9.17, 15) is 5.11 Å². The van der Waals surface area contributed by atoms with Gasteiger partial charge < -0.3 is 16.2 Å². The smallest absolute Gasteiger partial charge is 0.222 e. The molecule has 0 aliphatic heterocycles. The van der Waals surface area contributed by atoms with Gasteiger partial charge in [-0.05, 0) is 25.0 Å². The van der Waals surface area contributed by atoms with Crippen LogP contribution in [0.4, 0.5) is 11.8 Å². The maximum Gasteiger partial charge on any atom is 0.222 e. The summed E-state index contributed by atoms with van der Waals surface area (Å²) in [6.45, 7) is 0. The lowest BCUT2D eigenvalue weighted by molar-refractivity contribution is 0.144. The van der Waals surface area contributed by atoms with Crippen LogP contribution in [0.5, 0.6) is 0 Å². The SMILES string of the molecule is Nc1nc(NC2CCCCCC2O)c2ccccc2n1. The number of aliphatic hydroxyl groups excluding tert-OH is 1. The van der Waals surface area contributed by atoms with Gasteiger partial charge in [0.2, 0.25) is 5.95 Å². The summed E-state index contributed by atoms with van der Waals surface area (Å²) in [5, 5.41) is 14.5. The van der Waals surface area contributed by atoms with Gasteiger partial charge in [-0.15, -0.1) is 0 Å². The van der Waals surface area contributed by atoms with E-state index in [2.05, 4.69) is 15.3 Å². The van der Waals surface area contributed by atoms with E-state index in [0.29, 0.717) is 0 Å². The molecule has 1 aliphatic carbocycles. The molecule has 1 aliphatic rings. The van der Waals surface area contributed by atoms with Crippen molar-refractivity contribution in [1.29, 1.82) is 0 Å². The van der Waals surface area contributed by atoms with Gasteiger partial charge in [0.25, 0.3) is 0 Å². The first kappa shape index (κ1) is 13.1. The standard InChI is InChI=1S/C15H20N4O/c16-15-18-11-7-5-4-6-10(11)14(19-15)17-12-8-2-1-3-9-13(12)20/h4-7,12-13,20H,1-3,8-9H2,(H3,16,17,18,19). The Morgan fingerprint density at radius 2 is 1.90 bits per heavy atom. The molecule has 106 valence electrons. The average Bonchev–Trinajstić information content (AvgIpc) is 2.64. The van der Waals surface area contributed by atoms with E-state index < -0.39 is 0 Å². The monoisotopic (exact) mass is 272 g/mol. The lowest BCUT2D eigenvalue weighted by Crippen LogP contribution is -2.33. The molecule has 0 spiro atoms. The molecular weight excluding hydrogens is 252 g/mol. The van der Waals surface area contributed by atoms with E-state index in [-0.39, 0.29) is 18.1 Å². The van der Waals surface area contributed by atoms with Gasteiger partial charge in [-0.25, -0.2) is 4.98 Å². The van der Waals surface area contributed by atoms with Crippen LogP contribution in [0.3, 0.4) is 0 Å². The van der Waals surface area contributed by atoms with Gasteiger partial charge >= 0.3 is 0 Å². The number of nitrogens with two attached hydrogens (primary N) is 1. The zero-order valence-corrected chi connectivity index (χ0v) is 11.4. The molecule has 0 saturated heterocycles. The van der Waals surface area contributed by atoms with Crippen LogP contribution in [0.2, 0.25) is 0 Å². The molecule has 1 aromatic heterocycles. The van der Waals surface area contributed by atoms with Crippen LogP contribution >= 0.6 is 0 Å². The summed E-state index contributed by atoms with van der Waals surface area (Å²) in [5.41, 5.74) is 6.60. The minimum absolute atomic E-state index is 0.0372. The van der Waals surface area contributed by atoms with Gasteiger partial charge in [0.05, 0.1) is 17.7 Å². The minimum atomic E-state index is -0.326. The van der Waals surface area contributed by atoms with Crippen molar-refractivity contribution in [2.24, 2.45) is 0 Å². The molecule has 2 unspecified atom stereocenters. The third-order valence-corrected chi connectivity index (χ3v) is 3.92. The second-order valence-corrected chi connectivity index (χ2v) is 5.40. The Balaban J connectivity index is 1.93. The molecule has 5 nitrogen and oxygen atoms in total. The number of aromatic nitrogens is 2. The first-order chi connectivity index (χ1) is 9.74. The van der Waals surface area contributed by atoms with Crippen molar-refractivity contribution in [3.8, 4) is 0 Å². The van der Waals surface area contributed by atoms with E-state index in [1.807, 2.05) is 24.3 Å². The molecule has 20 heavy (non-hydrogen) atoms. The zero-order chi connectivity index (χ0) is 13.9. The molecule has 1 saturated carbocycles. The van der Waals surface area contributed by atoms with Crippen molar-refractivity contribution in [3.05, 3.63) is 24.3 Å². The number of para-hydroxylation sites is 1. The van der Waals surface area contributed by atoms with Crippen molar-refractivity contribution >= 4 is 22.7 Å². The van der Waals surface area contributed by atoms with Gasteiger partial charge in [0, 0.05) is 5.39 Å². The van der Waals surface area contributed by atoms with Crippen LogP contribution in [0.1, 0.15) is 32.1 Å². The third kappa shape index (κ3) is 2.67. The summed E-state index contributed by atoms with van der Waals surface area (Å²) in [7, 11) is 0. The number of nitrogens with one attached hydrogen (secondary N) is 1. The molecule has 1 aromatic carbocycles. The van der Waals surface area contributed by atoms with E-state index >= 15 is 0 Å². The average molecular weight is 272 g/mol. The van der Waals surface area contributed by atoms with E-state index in [0.717, 1.165) is 42.4 Å². The van der Waals surface area contributed by atoms with Gasteiger partial charge in [-0.2, -0.15) is 4.98 Å². The summed E-state index contributed by atoms with van der Waals surface area (Å²) < 4.78 is 0. The second-order valence-electron chi connectivity index (χ2n) is 5.40. The molecule has 2 atom stereocenters. The molecule has 1 heterocycles. The highest BCUT2D eigenvalue weighted by molar-refractivity contribution is 5.89. The Kier molecular flexibility index (Phi) is 3.69. The molecule has 2 aromatic rings. The number of rotatable bonds is 2. The number of benzene rings is 1. The van der Waals surface area contributed by atoms with Crippen molar-refractivity contribution in [1.82, 2.24) is 9.97 Å². The number of nitrogens with zero attached hydrogens (tertiary/aromatic N) is 2. The fourth-order valence-corrected chi connectivity index (χ4v) is 2.84. The van der Waals surface area contributed by atoms with Crippen LogP contribution < -0.4 is 11.1 Å². The molecule has 0 bridgehead atoms. The number of fused-ring (bicyclic) bond motifs is 1. The van der Waals surface area contributed by atoms with Crippen molar-refractivity contribution < 1.29 is 5.11 Å². The summed E-state index contributed by atoms with van der Waals surface area (Å²) >= 11 is 0. The van der Waals surface area contributed by atoms with Gasteiger partial charge in [0.1, 0.15) is 5.82 Å². The summed E-state index contributed by atoms with van der Waals surface area (Å²) in [5.74, 6) is 0.980. The molecule has 0 radical (unpaired) electrons.